The second kappa shape index (κ2) is 5.54. The zero-order valence-corrected chi connectivity index (χ0v) is 11.9. The molecule has 110 valence electrons. The van der Waals surface area contributed by atoms with Crippen molar-refractivity contribution in [2.24, 2.45) is 0 Å². The number of nitrogens with one attached hydrogen (secondary N) is 1. The van der Waals surface area contributed by atoms with E-state index in [1.54, 1.807) is 0 Å². The van der Waals surface area contributed by atoms with E-state index in [4.69, 9.17) is 17.3 Å². The van der Waals surface area contributed by atoms with Gasteiger partial charge in [-0.05, 0) is 18.2 Å². The molecule has 1 aromatic carbocycles. The van der Waals surface area contributed by atoms with Crippen LogP contribution in [0.1, 0.15) is 0 Å². The normalized spacial score (nSPS) is 11.1. The Morgan fingerprint density at radius 3 is 2.43 bits per heavy atom. The van der Waals surface area contributed by atoms with Crippen molar-refractivity contribution < 1.29 is 13.3 Å². The Bertz CT molecular complexity index is 792. The molecule has 3 N–H and O–H groups in total. The van der Waals surface area contributed by atoms with Crippen molar-refractivity contribution in [3.63, 3.8) is 0 Å². The average molecular weight is 329 g/mol. The summed E-state index contributed by atoms with van der Waals surface area (Å²) in [6, 6.07) is 6.10. The molecule has 0 saturated carbocycles. The quantitative estimate of drug-likeness (QED) is 0.652. The molecule has 2 aromatic rings. The predicted octanol–water partition coefficient (Wildman–Crippen LogP) is 2.03. The number of halogens is 1. The maximum Gasteiger partial charge on any atom is 0.269 e. The van der Waals surface area contributed by atoms with Crippen LogP contribution in [-0.4, -0.2) is 18.3 Å². The molecule has 0 unspecified atom stereocenters. The summed E-state index contributed by atoms with van der Waals surface area (Å²) in [5.74, 6) is 0.0194. The number of anilines is 2. The Kier molecular flexibility index (Phi) is 3.96. The van der Waals surface area contributed by atoms with Crippen molar-refractivity contribution in [2.75, 3.05) is 10.5 Å². The second-order valence-electron chi connectivity index (χ2n) is 3.95. The molecular formula is C11H9ClN4O4S. The molecule has 8 nitrogen and oxygen atoms in total. The van der Waals surface area contributed by atoms with Gasteiger partial charge in [0.05, 0.1) is 9.95 Å². The van der Waals surface area contributed by atoms with Crippen molar-refractivity contribution in [3.05, 3.63) is 51.7 Å². The lowest BCUT2D eigenvalue weighted by Gasteiger charge is -2.08. The average Bonchev–Trinajstić information content (AvgIpc) is 2.42. The third-order valence-electron chi connectivity index (χ3n) is 2.49. The fourth-order valence-electron chi connectivity index (χ4n) is 1.44. The fourth-order valence-corrected chi connectivity index (χ4v) is 2.70. The molecule has 10 heteroatoms. The highest BCUT2D eigenvalue weighted by Gasteiger charge is 2.17. The number of non-ortho nitro benzene ring substituents is 1. The van der Waals surface area contributed by atoms with Crippen LogP contribution in [0.15, 0.2) is 41.4 Å². The zero-order chi connectivity index (χ0) is 15.6. The van der Waals surface area contributed by atoms with E-state index < -0.39 is 14.9 Å². The number of nitro groups is 1. The lowest BCUT2D eigenvalue weighted by molar-refractivity contribution is -0.384. The van der Waals surface area contributed by atoms with E-state index in [0.29, 0.717) is 0 Å². The van der Waals surface area contributed by atoms with Gasteiger partial charge in [-0.15, -0.1) is 0 Å². The Morgan fingerprint density at radius 1 is 1.29 bits per heavy atom. The first-order valence-corrected chi connectivity index (χ1v) is 7.34. The first-order chi connectivity index (χ1) is 9.79. The molecule has 21 heavy (non-hydrogen) atoms. The minimum absolute atomic E-state index is 0.0153. The van der Waals surface area contributed by atoms with Gasteiger partial charge in [-0.3, -0.25) is 14.8 Å². The SMILES string of the molecule is Nc1ncc(S(=O)(=O)Nc2ccc([N+](=O)[O-])cc2)cc1Cl. The Hall–Kier alpha value is -2.39. The van der Waals surface area contributed by atoms with E-state index in [1.165, 1.54) is 24.3 Å². The van der Waals surface area contributed by atoms with Crippen LogP contribution in [0.3, 0.4) is 0 Å². The number of hydrogen-bond donors (Lipinski definition) is 2. The molecule has 1 aromatic heterocycles. The number of nitrogens with two attached hydrogens (primary N) is 1. The third kappa shape index (κ3) is 3.38. The Labute approximate surface area is 124 Å². The number of benzene rings is 1. The summed E-state index contributed by atoms with van der Waals surface area (Å²) in [6.45, 7) is 0. The van der Waals surface area contributed by atoms with Gasteiger partial charge in [0.1, 0.15) is 10.7 Å². The van der Waals surface area contributed by atoms with Gasteiger partial charge in [-0.2, -0.15) is 0 Å². The third-order valence-corrected chi connectivity index (χ3v) is 4.14. The number of nitrogens with zero attached hydrogens (tertiary/aromatic N) is 2. The molecule has 0 aliphatic carbocycles. The molecule has 0 spiro atoms. The largest absolute Gasteiger partial charge is 0.382 e. The molecule has 0 aliphatic heterocycles. The molecule has 0 atom stereocenters. The van der Waals surface area contributed by atoms with E-state index in [1.807, 2.05) is 0 Å². The minimum atomic E-state index is -3.91. The summed E-state index contributed by atoms with van der Waals surface area (Å²) >= 11 is 5.72. The maximum absolute atomic E-state index is 12.1. The summed E-state index contributed by atoms with van der Waals surface area (Å²) in [5, 5.41) is 10.5. The number of sulfonamides is 1. The van der Waals surface area contributed by atoms with Gasteiger partial charge >= 0.3 is 0 Å². The van der Waals surface area contributed by atoms with Crippen molar-refractivity contribution in [1.29, 1.82) is 0 Å². The Morgan fingerprint density at radius 2 is 1.90 bits per heavy atom. The zero-order valence-electron chi connectivity index (χ0n) is 10.4. The summed E-state index contributed by atoms with van der Waals surface area (Å²) < 4.78 is 26.5. The summed E-state index contributed by atoms with van der Waals surface area (Å²) in [5.41, 5.74) is 5.44. The van der Waals surface area contributed by atoms with Crippen molar-refractivity contribution in [1.82, 2.24) is 4.98 Å². The smallest absolute Gasteiger partial charge is 0.269 e. The van der Waals surface area contributed by atoms with Crippen LogP contribution in [0.5, 0.6) is 0 Å². The van der Waals surface area contributed by atoms with Gasteiger partial charge in [0.2, 0.25) is 0 Å². The number of pyridine rings is 1. The maximum atomic E-state index is 12.1. The first kappa shape index (κ1) is 15.0. The van der Waals surface area contributed by atoms with Crippen LogP contribution in [0.4, 0.5) is 17.2 Å². The van der Waals surface area contributed by atoms with E-state index in [2.05, 4.69) is 9.71 Å². The summed E-state index contributed by atoms with van der Waals surface area (Å²) in [7, 11) is -3.91. The highest BCUT2D eigenvalue weighted by Crippen LogP contribution is 2.23. The Balaban J connectivity index is 2.28. The fraction of sp³-hybridized carbons (Fsp3) is 0. The van der Waals surface area contributed by atoms with Gasteiger partial charge in [0.25, 0.3) is 15.7 Å². The van der Waals surface area contributed by atoms with E-state index >= 15 is 0 Å². The highest BCUT2D eigenvalue weighted by atomic mass is 35.5. The van der Waals surface area contributed by atoms with Crippen molar-refractivity contribution in [3.8, 4) is 0 Å². The predicted molar refractivity (Wildman–Crippen MR) is 77.6 cm³/mol. The molecular weight excluding hydrogens is 320 g/mol. The van der Waals surface area contributed by atoms with Gasteiger partial charge < -0.3 is 5.73 Å². The van der Waals surface area contributed by atoms with Crippen LogP contribution in [0.2, 0.25) is 5.02 Å². The topological polar surface area (TPSA) is 128 Å². The number of nitro benzene ring substituents is 1. The summed E-state index contributed by atoms with van der Waals surface area (Å²) in [4.78, 5) is 13.4. The van der Waals surface area contributed by atoms with Crippen molar-refractivity contribution in [2.45, 2.75) is 4.90 Å². The monoisotopic (exact) mass is 328 g/mol. The first-order valence-electron chi connectivity index (χ1n) is 5.48. The molecule has 0 fully saturated rings. The van der Waals surface area contributed by atoms with Crippen LogP contribution in [0, 0.1) is 10.1 Å². The van der Waals surface area contributed by atoms with E-state index in [-0.39, 0.29) is 27.1 Å². The molecule has 0 saturated heterocycles. The number of hydrogen-bond acceptors (Lipinski definition) is 6. The second-order valence-corrected chi connectivity index (χ2v) is 6.04. The van der Waals surface area contributed by atoms with Crippen LogP contribution in [0.25, 0.3) is 0 Å². The lowest BCUT2D eigenvalue weighted by atomic mass is 10.3. The van der Waals surface area contributed by atoms with E-state index in [0.717, 1.165) is 12.3 Å². The molecule has 0 radical (unpaired) electrons. The van der Waals surface area contributed by atoms with Gasteiger partial charge in [-0.25, -0.2) is 13.4 Å². The standard InChI is InChI=1S/C11H9ClN4O4S/c12-10-5-9(6-14-11(10)13)21(19,20)15-7-1-3-8(4-2-7)16(17)18/h1-6,15H,(H2,13,14). The minimum Gasteiger partial charge on any atom is -0.382 e. The van der Waals surface area contributed by atoms with Gasteiger partial charge in [-0.1, -0.05) is 11.6 Å². The highest BCUT2D eigenvalue weighted by molar-refractivity contribution is 7.92. The lowest BCUT2D eigenvalue weighted by Crippen LogP contribution is -2.13. The molecule has 2 rings (SSSR count). The molecule has 1 heterocycles. The van der Waals surface area contributed by atoms with E-state index in [9.17, 15) is 18.5 Å². The van der Waals surface area contributed by atoms with Crippen LogP contribution < -0.4 is 10.5 Å². The number of rotatable bonds is 4. The van der Waals surface area contributed by atoms with Crippen LogP contribution in [-0.2, 0) is 10.0 Å². The summed E-state index contributed by atoms with van der Waals surface area (Å²) in [6.07, 6.45) is 1.06. The van der Waals surface area contributed by atoms with Crippen LogP contribution >= 0.6 is 11.6 Å². The van der Waals surface area contributed by atoms with Gasteiger partial charge in [0, 0.05) is 24.0 Å². The molecule has 0 bridgehead atoms. The number of nitrogen functional groups attached to an aromatic ring is 1. The number of aromatic nitrogens is 1. The van der Waals surface area contributed by atoms with Crippen molar-refractivity contribution >= 4 is 38.8 Å². The molecule has 0 aliphatic rings. The molecule has 0 amide bonds. The van der Waals surface area contributed by atoms with Gasteiger partial charge in [0.15, 0.2) is 0 Å².